The molecule has 3 nitrogen and oxygen atoms in total. The minimum absolute atomic E-state index is 0.0260. The lowest BCUT2D eigenvalue weighted by Crippen LogP contribution is -2.23. The zero-order valence-corrected chi connectivity index (χ0v) is 9.76. The van der Waals surface area contributed by atoms with Gasteiger partial charge in [-0.05, 0) is 32.2 Å². The topological polar surface area (TPSA) is 38.3 Å². The standard InChI is InChI=1S/C11H14ClNO2/c1-7(14)11(13-2)9-6-8(12)4-5-10(9)15-3/h4-6,11,13H,1-3H3. The second kappa shape index (κ2) is 5.14. The van der Waals surface area contributed by atoms with Gasteiger partial charge in [0.15, 0.2) is 5.78 Å². The minimum atomic E-state index is -0.376. The summed E-state index contributed by atoms with van der Waals surface area (Å²) in [6, 6.07) is 4.85. The average molecular weight is 228 g/mol. The van der Waals surface area contributed by atoms with E-state index in [9.17, 15) is 4.79 Å². The molecule has 0 bridgehead atoms. The molecule has 0 heterocycles. The monoisotopic (exact) mass is 227 g/mol. The molecule has 1 rings (SSSR count). The van der Waals surface area contributed by atoms with Crippen molar-refractivity contribution in [3.63, 3.8) is 0 Å². The van der Waals surface area contributed by atoms with Crippen LogP contribution in [0.4, 0.5) is 0 Å². The third kappa shape index (κ3) is 2.70. The number of ketones is 1. The predicted molar refractivity (Wildman–Crippen MR) is 60.5 cm³/mol. The summed E-state index contributed by atoms with van der Waals surface area (Å²) in [4.78, 5) is 11.4. The van der Waals surface area contributed by atoms with Crippen molar-refractivity contribution in [1.82, 2.24) is 5.32 Å². The van der Waals surface area contributed by atoms with Gasteiger partial charge < -0.3 is 10.1 Å². The normalized spacial score (nSPS) is 12.3. The SMILES string of the molecule is CNC(C(C)=O)c1cc(Cl)ccc1OC. The van der Waals surface area contributed by atoms with E-state index in [2.05, 4.69) is 5.32 Å². The number of nitrogens with one attached hydrogen (secondary N) is 1. The fourth-order valence-electron chi connectivity index (χ4n) is 1.51. The maximum absolute atomic E-state index is 11.4. The van der Waals surface area contributed by atoms with Crippen molar-refractivity contribution < 1.29 is 9.53 Å². The fraction of sp³-hybridized carbons (Fsp3) is 0.364. The van der Waals surface area contributed by atoms with E-state index >= 15 is 0 Å². The van der Waals surface area contributed by atoms with Gasteiger partial charge in [0.2, 0.25) is 0 Å². The van der Waals surface area contributed by atoms with Crippen LogP contribution in [0.25, 0.3) is 0 Å². The highest BCUT2D eigenvalue weighted by atomic mass is 35.5. The summed E-state index contributed by atoms with van der Waals surface area (Å²) in [6.07, 6.45) is 0. The van der Waals surface area contributed by atoms with Gasteiger partial charge in [0.25, 0.3) is 0 Å². The second-order valence-corrected chi connectivity index (χ2v) is 3.66. The van der Waals surface area contributed by atoms with Gasteiger partial charge in [0, 0.05) is 10.6 Å². The Bertz CT molecular complexity index is 366. The van der Waals surface area contributed by atoms with Crippen molar-refractivity contribution in [2.75, 3.05) is 14.2 Å². The highest BCUT2D eigenvalue weighted by molar-refractivity contribution is 6.30. The molecule has 0 aliphatic heterocycles. The maximum atomic E-state index is 11.4. The first-order chi connectivity index (χ1) is 7.10. The Morgan fingerprint density at radius 2 is 2.20 bits per heavy atom. The van der Waals surface area contributed by atoms with Crippen LogP contribution in [0.1, 0.15) is 18.5 Å². The first-order valence-corrected chi connectivity index (χ1v) is 4.99. The first-order valence-electron chi connectivity index (χ1n) is 4.61. The third-order valence-corrected chi connectivity index (χ3v) is 2.43. The number of hydrogen-bond donors (Lipinski definition) is 1. The smallest absolute Gasteiger partial charge is 0.151 e. The summed E-state index contributed by atoms with van der Waals surface area (Å²) in [5, 5.41) is 3.52. The Hall–Kier alpha value is -1.06. The molecule has 0 aliphatic rings. The molecule has 0 spiro atoms. The van der Waals surface area contributed by atoms with E-state index in [4.69, 9.17) is 16.3 Å². The van der Waals surface area contributed by atoms with E-state index in [1.165, 1.54) is 6.92 Å². The number of benzene rings is 1. The summed E-state index contributed by atoms with van der Waals surface area (Å²) < 4.78 is 5.18. The van der Waals surface area contributed by atoms with E-state index in [1.807, 2.05) is 0 Å². The molecule has 1 aromatic rings. The number of carbonyl (C=O) groups excluding carboxylic acids is 1. The van der Waals surface area contributed by atoms with Gasteiger partial charge in [0.05, 0.1) is 13.2 Å². The fourth-order valence-corrected chi connectivity index (χ4v) is 1.69. The molecule has 1 atom stereocenters. The van der Waals surface area contributed by atoms with Crippen LogP contribution in [0.15, 0.2) is 18.2 Å². The lowest BCUT2D eigenvalue weighted by molar-refractivity contribution is -0.119. The van der Waals surface area contributed by atoms with Gasteiger partial charge in [-0.2, -0.15) is 0 Å². The minimum Gasteiger partial charge on any atom is -0.496 e. The van der Waals surface area contributed by atoms with Gasteiger partial charge in [-0.25, -0.2) is 0 Å². The van der Waals surface area contributed by atoms with Crippen LogP contribution in [-0.4, -0.2) is 19.9 Å². The van der Waals surface area contributed by atoms with E-state index in [0.29, 0.717) is 10.8 Å². The van der Waals surface area contributed by atoms with Crippen LogP contribution >= 0.6 is 11.6 Å². The Kier molecular flexibility index (Phi) is 4.12. The zero-order chi connectivity index (χ0) is 11.4. The molecular weight excluding hydrogens is 214 g/mol. The Balaban J connectivity index is 3.19. The van der Waals surface area contributed by atoms with Gasteiger partial charge in [0.1, 0.15) is 5.75 Å². The molecule has 0 radical (unpaired) electrons. The summed E-state index contributed by atoms with van der Waals surface area (Å²) in [5.74, 6) is 0.687. The van der Waals surface area contributed by atoms with E-state index in [0.717, 1.165) is 5.56 Å². The number of ether oxygens (including phenoxy) is 1. The summed E-state index contributed by atoms with van der Waals surface area (Å²) in [7, 11) is 3.30. The molecule has 1 unspecified atom stereocenters. The number of likely N-dealkylation sites (N-methyl/N-ethyl adjacent to an activating group) is 1. The van der Waals surface area contributed by atoms with Crippen LogP contribution in [0.2, 0.25) is 5.02 Å². The number of hydrogen-bond acceptors (Lipinski definition) is 3. The van der Waals surface area contributed by atoms with Crippen molar-refractivity contribution in [3.05, 3.63) is 28.8 Å². The van der Waals surface area contributed by atoms with Crippen LogP contribution < -0.4 is 10.1 Å². The Morgan fingerprint density at radius 3 is 2.67 bits per heavy atom. The first kappa shape index (κ1) is 12.0. The van der Waals surface area contributed by atoms with Crippen molar-refractivity contribution in [3.8, 4) is 5.75 Å². The highest BCUT2D eigenvalue weighted by Gasteiger charge is 2.18. The van der Waals surface area contributed by atoms with Crippen LogP contribution in [0.5, 0.6) is 5.75 Å². The average Bonchev–Trinajstić information content (AvgIpc) is 2.18. The lowest BCUT2D eigenvalue weighted by Gasteiger charge is -2.16. The maximum Gasteiger partial charge on any atom is 0.151 e. The van der Waals surface area contributed by atoms with E-state index in [1.54, 1.807) is 32.4 Å². The molecule has 0 amide bonds. The van der Waals surface area contributed by atoms with Crippen molar-refractivity contribution in [1.29, 1.82) is 0 Å². The van der Waals surface area contributed by atoms with Crippen LogP contribution in [0, 0.1) is 0 Å². The van der Waals surface area contributed by atoms with Gasteiger partial charge in [-0.15, -0.1) is 0 Å². The largest absolute Gasteiger partial charge is 0.496 e. The third-order valence-electron chi connectivity index (χ3n) is 2.20. The Labute approximate surface area is 94.4 Å². The second-order valence-electron chi connectivity index (χ2n) is 3.22. The molecule has 0 aromatic heterocycles. The molecular formula is C11H14ClNO2. The highest BCUT2D eigenvalue weighted by Crippen LogP contribution is 2.28. The molecule has 0 saturated heterocycles. The predicted octanol–water partition coefficient (Wildman–Crippen LogP) is 2.20. The van der Waals surface area contributed by atoms with Crippen LogP contribution in [0.3, 0.4) is 0 Å². The summed E-state index contributed by atoms with van der Waals surface area (Å²) in [5.41, 5.74) is 0.764. The molecule has 1 N–H and O–H groups in total. The van der Waals surface area contributed by atoms with Crippen LogP contribution in [-0.2, 0) is 4.79 Å². The summed E-state index contributed by atoms with van der Waals surface area (Å²) in [6.45, 7) is 1.53. The number of halogens is 1. The van der Waals surface area contributed by atoms with Crippen molar-refractivity contribution >= 4 is 17.4 Å². The zero-order valence-electron chi connectivity index (χ0n) is 9.00. The lowest BCUT2D eigenvalue weighted by atomic mass is 10.0. The molecule has 1 aromatic carbocycles. The Morgan fingerprint density at radius 1 is 1.53 bits per heavy atom. The molecule has 0 saturated carbocycles. The van der Waals surface area contributed by atoms with Crippen molar-refractivity contribution in [2.24, 2.45) is 0 Å². The number of Topliss-reactive ketones (excluding diaryl/α,β-unsaturated/α-hetero) is 1. The van der Waals surface area contributed by atoms with Gasteiger partial charge in [-0.1, -0.05) is 11.6 Å². The molecule has 0 aliphatic carbocycles. The van der Waals surface area contributed by atoms with Gasteiger partial charge in [-0.3, -0.25) is 4.79 Å². The number of carbonyl (C=O) groups is 1. The molecule has 82 valence electrons. The summed E-state index contributed by atoms with van der Waals surface area (Å²) >= 11 is 5.88. The number of methoxy groups -OCH3 is 1. The molecule has 4 heteroatoms. The van der Waals surface area contributed by atoms with Gasteiger partial charge >= 0.3 is 0 Å². The quantitative estimate of drug-likeness (QED) is 0.857. The molecule has 0 fully saturated rings. The van der Waals surface area contributed by atoms with E-state index in [-0.39, 0.29) is 11.8 Å². The number of rotatable bonds is 4. The molecule has 15 heavy (non-hydrogen) atoms. The van der Waals surface area contributed by atoms with Crippen molar-refractivity contribution in [2.45, 2.75) is 13.0 Å². The van der Waals surface area contributed by atoms with E-state index < -0.39 is 0 Å².